The largest absolute Gasteiger partial charge is 0.508 e. The van der Waals surface area contributed by atoms with Crippen molar-refractivity contribution in [3.05, 3.63) is 59.7 Å². The fourth-order valence-corrected chi connectivity index (χ4v) is 2.95. The van der Waals surface area contributed by atoms with Gasteiger partial charge in [-0.05, 0) is 30.0 Å². The smallest absolute Gasteiger partial charge is 0.231 e. The molecular formula is C18H19NO2. The van der Waals surface area contributed by atoms with Crippen LogP contribution in [-0.2, 0) is 17.6 Å². The molecule has 1 unspecified atom stereocenters. The Hall–Kier alpha value is -2.29. The molecule has 0 saturated carbocycles. The molecule has 21 heavy (non-hydrogen) atoms. The molecule has 0 bridgehead atoms. The van der Waals surface area contributed by atoms with Crippen molar-refractivity contribution < 1.29 is 9.90 Å². The summed E-state index contributed by atoms with van der Waals surface area (Å²) >= 11 is 0. The van der Waals surface area contributed by atoms with E-state index in [4.69, 9.17) is 0 Å². The highest BCUT2D eigenvalue weighted by Gasteiger charge is 2.26. The van der Waals surface area contributed by atoms with Crippen molar-refractivity contribution in [1.82, 2.24) is 0 Å². The molecule has 108 valence electrons. The van der Waals surface area contributed by atoms with Crippen molar-refractivity contribution in [2.45, 2.75) is 19.8 Å². The topological polar surface area (TPSA) is 40.5 Å². The van der Waals surface area contributed by atoms with Gasteiger partial charge in [-0.1, -0.05) is 43.3 Å². The number of hydrogen-bond acceptors (Lipinski definition) is 2. The van der Waals surface area contributed by atoms with Crippen LogP contribution in [0.1, 0.15) is 18.1 Å². The fourth-order valence-electron chi connectivity index (χ4n) is 2.95. The van der Waals surface area contributed by atoms with E-state index in [0.717, 1.165) is 18.7 Å². The average molecular weight is 281 g/mol. The van der Waals surface area contributed by atoms with Crippen molar-refractivity contribution in [1.29, 1.82) is 0 Å². The molecular weight excluding hydrogens is 262 g/mol. The van der Waals surface area contributed by atoms with E-state index in [1.54, 1.807) is 18.2 Å². The van der Waals surface area contributed by atoms with Gasteiger partial charge in [-0.15, -0.1) is 0 Å². The van der Waals surface area contributed by atoms with Gasteiger partial charge in [0.25, 0.3) is 0 Å². The van der Waals surface area contributed by atoms with Gasteiger partial charge in [0.05, 0.1) is 6.42 Å². The van der Waals surface area contributed by atoms with Gasteiger partial charge in [-0.3, -0.25) is 4.79 Å². The van der Waals surface area contributed by atoms with E-state index in [-0.39, 0.29) is 18.1 Å². The van der Waals surface area contributed by atoms with Crippen molar-refractivity contribution >= 4 is 11.6 Å². The molecule has 0 saturated heterocycles. The number of amides is 1. The third kappa shape index (κ3) is 2.77. The molecule has 3 heteroatoms. The number of hydrogen-bond donors (Lipinski definition) is 1. The van der Waals surface area contributed by atoms with E-state index >= 15 is 0 Å². The zero-order valence-electron chi connectivity index (χ0n) is 12.1. The highest BCUT2D eigenvalue weighted by atomic mass is 16.3. The summed E-state index contributed by atoms with van der Waals surface area (Å²) in [4.78, 5) is 14.5. The SMILES string of the molecule is CC1Cc2ccccc2N(C(=O)Cc2ccccc2O)C1. The second kappa shape index (κ2) is 5.60. The fraction of sp³-hybridized carbons (Fsp3) is 0.278. The second-order valence-corrected chi connectivity index (χ2v) is 5.75. The van der Waals surface area contributed by atoms with Gasteiger partial charge in [0, 0.05) is 17.8 Å². The molecule has 0 radical (unpaired) electrons. The molecule has 1 atom stereocenters. The number of benzene rings is 2. The number of fused-ring (bicyclic) bond motifs is 1. The van der Waals surface area contributed by atoms with Crippen LogP contribution in [-0.4, -0.2) is 17.6 Å². The van der Waals surface area contributed by atoms with Crippen LogP contribution >= 0.6 is 0 Å². The maximum absolute atomic E-state index is 12.6. The number of aromatic hydroxyl groups is 1. The summed E-state index contributed by atoms with van der Waals surface area (Å²) in [7, 11) is 0. The van der Waals surface area contributed by atoms with Crippen LogP contribution in [0.25, 0.3) is 0 Å². The van der Waals surface area contributed by atoms with Crippen LogP contribution in [0.2, 0.25) is 0 Å². The predicted octanol–water partition coefficient (Wildman–Crippen LogP) is 3.16. The average Bonchev–Trinajstić information content (AvgIpc) is 2.48. The van der Waals surface area contributed by atoms with Gasteiger partial charge in [-0.25, -0.2) is 0 Å². The van der Waals surface area contributed by atoms with Crippen LogP contribution in [0, 0.1) is 5.92 Å². The molecule has 0 fully saturated rings. The standard InChI is InChI=1S/C18H19NO2/c1-13-10-14-6-2-4-8-16(14)19(12-13)18(21)11-15-7-3-5-9-17(15)20/h2-9,13,20H,10-12H2,1H3. The lowest BCUT2D eigenvalue weighted by atomic mass is 9.93. The number of phenolic OH excluding ortho intramolecular Hbond substituents is 1. The molecule has 0 aromatic heterocycles. The molecule has 2 aromatic carbocycles. The summed E-state index contributed by atoms with van der Waals surface area (Å²) in [5, 5.41) is 9.83. The lowest BCUT2D eigenvalue weighted by molar-refractivity contribution is -0.118. The quantitative estimate of drug-likeness (QED) is 0.918. The van der Waals surface area contributed by atoms with Crippen LogP contribution in [0.4, 0.5) is 5.69 Å². The monoisotopic (exact) mass is 281 g/mol. The number of carbonyl (C=O) groups is 1. The number of carbonyl (C=O) groups excluding carboxylic acids is 1. The van der Waals surface area contributed by atoms with Crippen molar-refractivity contribution in [3.63, 3.8) is 0 Å². The number of nitrogens with zero attached hydrogens (tertiary/aromatic N) is 1. The van der Waals surface area contributed by atoms with Crippen LogP contribution in [0.5, 0.6) is 5.75 Å². The lowest BCUT2D eigenvalue weighted by Gasteiger charge is -2.33. The molecule has 1 amide bonds. The predicted molar refractivity (Wildman–Crippen MR) is 83.5 cm³/mol. The minimum Gasteiger partial charge on any atom is -0.508 e. The van der Waals surface area contributed by atoms with Gasteiger partial charge < -0.3 is 10.0 Å². The van der Waals surface area contributed by atoms with E-state index in [1.165, 1.54) is 5.56 Å². The Labute approximate surface area is 124 Å². The normalized spacial score (nSPS) is 17.4. The lowest BCUT2D eigenvalue weighted by Crippen LogP contribution is -2.40. The van der Waals surface area contributed by atoms with E-state index < -0.39 is 0 Å². The summed E-state index contributed by atoms with van der Waals surface area (Å²) in [6.07, 6.45) is 1.24. The number of anilines is 1. The zero-order chi connectivity index (χ0) is 14.8. The second-order valence-electron chi connectivity index (χ2n) is 5.75. The highest BCUT2D eigenvalue weighted by molar-refractivity contribution is 5.96. The zero-order valence-corrected chi connectivity index (χ0v) is 12.1. The highest BCUT2D eigenvalue weighted by Crippen LogP contribution is 2.30. The Morgan fingerprint density at radius 1 is 1.19 bits per heavy atom. The Morgan fingerprint density at radius 3 is 2.71 bits per heavy atom. The minimum atomic E-state index is 0.0375. The number of para-hydroxylation sites is 2. The molecule has 1 aliphatic rings. The summed E-state index contributed by atoms with van der Waals surface area (Å²) in [6, 6.07) is 15.1. The van der Waals surface area contributed by atoms with E-state index in [9.17, 15) is 9.90 Å². The molecule has 1 aliphatic heterocycles. The van der Waals surface area contributed by atoms with E-state index in [2.05, 4.69) is 13.0 Å². The van der Waals surface area contributed by atoms with Gasteiger partial charge in [-0.2, -0.15) is 0 Å². The van der Waals surface area contributed by atoms with Crippen molar-refractivity contribution in [2.75, 3.05) is 11.4 Å². The molecule has 3 rings (SSSR count). The van der Waals surface area contributed by atoms with Crippen LogP contribution in [0.3, 0.4) is 0 Å². The molecule has 0 spiro atoms. The Balaban J connectivity index is 1.87. The first-order chi connectivity index (χ1) is 10.1. The maximum Gasteiger partial charge on any atom is 0.231 e. The minimum absolute atomic E-state index is 0.0375. The third-order valence-corrected chi connectivity index (χ3v) is 3.98. The molecule has 3 nitrogen and oxygen atoms in total. The van der Waals surface area contributed by atoms with Gasteiger partial charge >= 0.3 is 0 Å². The molecule has 2 aromatic rings. The Bertz CT molecular complexity index is 666. The summed E-state index contributed by atoms with van der Waals surface area (Å²) in [5.41, 5.74) is 2.91. The van der Waals surface area contributed by atoms with Crippen LogP contribution < -0.4 is 4.90 Å². The molecule has 0 aliphatic carbocycles. The number of rotatable bonds is 2. The van der Waals surface area contributed by atoms with Gasteiger partial charge in [0.1, 0.15) is 5.75 Å². The summed E-state index contributed by atoms with van der Waals surface area (Å²) in [6.45, 7) is 2.90. The summed E-state index contributed by atoms with van der Waals surface area (Å²) in [5.74, 6) is 0.674. The first-order valence-electron chi connectivity index (χ1n) is 7.30. The first kappa shape index (κ1) is 13.7. The van der Waals surface area contributed by atoms with Crippen molar-refractivity contribution in [2.24, 2.45) is 5.92 Å². The Kier molecular flexibility index (Phi) is 3.65. The molecule has 1 heterocycles. The van der Waals surface area contributed by atoms with E-state index in [1.807, 2.05) is 29.2 Å². The first-order valence-corrected chi connectivity index (χ1v) is 7.30. The molecule has 1 N–H and O–H groups in total. The van der Waals surface area contributed by atoms with Gasteiger partial charge in [0.2, 0.25) is 5.91 Å². The van der Waals surface area contributed by atoms with E-state index in [0.29, 0.717) is 11.5 Å². The maximum atomic E-state index is 12.6. The van der Waals surface area contributed by atoms with Gasteiger partial charge in [0.15, 0.2) is 0 Å². The number of phenols is 1. The Morgan fingerprint density at radius 2 is 1.90 bits per heavy atom. The summed E-state index contributed by atoms with van der Waals surface area (Å²) < 4.78 is 0. The van der Waals surface area contributed by atoms with Crippen LogP contribution in [0.15, 0.2) is 48.5 Å². The van der Waals surface area contributed by atoms with Crippen molar-refractivity contribution in [3.8, 4) is 5.75 Å². The third-order valence-electron chi connectivity index (χ3n) is 3.98.